The average Bonchev–Trinajstić information content (AvgIpc) is 3.02. The van der Waals surface area contributed by atoms with Gasteiger partial charge in [-0.1, -0.05) is 0 Å². The number of nitrogens with one attached hydrogen (secondary N) is 2. The van der Waals surface area contributed by atoms with Gasteiger partial charge in [0.15, 0.2) is 0 Å². The number of urea groups is 1. The summed E-state index contributed by atoms with van der Waals surface area (Å²) in [5, 5.41) is 12.1. The summed E-state index contributed by atoms with van der Waals surface area (Å²) in [6.45, 7) is 0. The Morgan fingerprint density at radius 2 is 2.26 bits per heavy atom. The fourth-order valence-corrected chi connectivity index (χ4v) is 2.47. The molecule has 7 nitrogen and oxygen atoms in total. The summed E-state index contributed by atoms with van der Waals surface area (Å²) in [4.78, 5) is 25.6. The maximum absolute atomic E-state index is 11.0. The Kier molecular flexibility index (Phi) is 3.75. The monoisotopic (exact) mass is 266 g/mol. The molecule has 1 aromatic rings. The van der Waals surface area contributed by atoms with Gasteiger partial charge in [-0.05, 0) is 25.0 Å². The van der Waals surface area contributed by atoms with E-state index >= 15 is 0 Å². The number of aliphatic hydroxyl groups excluding tert-OH is 1. The fourth-order valence-electron chi connectivity index (χ4n) is 2.47. The summed E-state index contributed by atoms with van der Waals surface area (Å²) in [7, 11) is 1.78. The van der Waals surface area contributed by atoms with Gasteiger partial charge in [0.05, 0.1) is 18.2 Å². The highest BCUT2D eigenvalue weighted by molar-refractivity contribution is 5.90. The van der Waals surface area contributed by atoms with Crippen molar-refractivity contribution < 1.29 is 14.7 Å². The highest BCUT2D eigenvalue weighted by atomic mass is 16.3. The molecule has 1 aliphatic heterocycles. The predicted octanol–water partition coefficient (Wildman–Crippen LogP) is -0.353. The minimum atomic E-state index is -0.421. The fraction of sp³-hybridized carbons (Fsp3) is 0.500. The summed E-state index contributed by atoms with van der Waals surface area (Å²) in [6, 6.07) is 3.74. The van der Waals surface area contributed by atoms with Gasteiger partial charge in [0, 0.05) is 13.2 Å². The van der Waals surface area contributed by atoms with Crippen molar-refractivity contribution in [2.45, 2.75) is 31.0 Å². The number of amides is 3. The number of rotatable bonds is 1. The van der Waals surface area contributed by atoms with Crippen LogP contribution in [-0.2, 0) is 0 Å². The smallest absolute Gasteiger partial charge is 0.317 e. The number of nitrogens with zero attached hydrogens (tertiary/aromatic N) is 1. The van der Waals surface area contributed by atoms with E-state index in [1.165, 1.54) is 0 Å². The second-order valence-electron chi connectivity index (χ2n) is 4.81. The number of primary amides is 1. The Labute approximate surface area is 110 Å². The molecule has 104 valence electrons. The van der Waals surface area contributed by atoms with Gasteiger partial charge < -0.3 is 26.0 Å². The Hall–Kier alpha value is -2.02. The molecular formula is C12H18N4O3. The number of fused-ring (bicyclic) bond motifs is 1. The number of aromatic amines is 1. The van der Waals surface area contributed by atoms with Crippen LogP contribution in [0.2, 0.25) is 0 Å². The molecule has 2 fully saturated rings. The molecule has 0 radical (unpaired) electrons. The second kappa shape index (κ2) is 5.31. The summed E-state index contributed by atoms with van der Waals surface area (Å²) < 4.78 is 0. The molecule has 2 aliphatic rings. The van der Waals surface area contributed by atoms with Crippen molar-refractivity contribution in [3.63, 3.8) is 0 Å². The third-order valence-corrected chi connectivity index (χ3v) is 3.49. The number of hydrogen-bond acceptors (Lipinski definition) is 3. The van der Waals surface area contributed by atoms with Gasteiger partial charge in [-0.25, -0.2) is 4.79 Å². The molecule has 0 aromatic carbocycles. The Bertz CT molecular complexity index is 460. The van der Waals surface area contributed by atoms with Crippen LogP contribution in [0.5, 0.6) is 0 Å². The standard InChI is InChI=1S/C7H12N2O2.C5H6N2O/c1-9-6-3-4(10)2-5(6)8-7(9)11;6-5(8)4-2-1-3-7-4/h4-6,10H,2-3H2,1H3,(H,8,11);1-3,7H,(H2,6,8)/t4-,5?,6?;/m1./s1. The Morgan fingerprint density at radius 1 is 1.53 bits per heavy atom. The van der Waals surface area contributed by atoms with Gasteiger partial charge in [0.1, 0.15) is 5.69 Å². The van der Waals surface area contributed by atoms with Crippen molar-refractivity contribution in [2.24, 2.45) is 5.73 Å². The lowest BCUT2D eigenvalue weighted by Gasteiger charge is -2.15. The van der Waals surface area contributed by atoms with Gasteiger partial charge in [0.2, 0.25) is 0 Å². The number of nitrogens with two attached hydrogens (primary N) is 1. The number of carbonyl (C=O) groups is 2. The molecule has 2 heterocycles. The summed E-state index contributed by atoms with van der Waals surface area (Å²) in [5.41, 5.74) is 5.34. The highest BCUT2D eigenvalue weighted by Gasteiger charge is 2.43. The van der Waals surface area contributed by atoms with E-state index in [9.17, 15) is 14.7 Å². The molecule has 2 unspecified atom stereocenters. The van der Waals surface area contributed by atoms with E-state index in [0.29, 0.717) is 12.1 Å². The number of H-pyrrole nitrogens is 1. The summed E-state index contributed by atoms with van der Waals surface area (Å²) >= 11 is 0. The van der Waals surface area contributed by atoms with Gasteiger partial charge in [-0.2, -0.15) is 0 Å². The van der Waals surface area contributed by atoms with Gasteiger partial charge in [-0.15, -0.1) is 0 Å². The molecule has 3 rings (SSSR count). The van der Waals surface area contributed by atoms with Crippen LogP contribution in [0.25, 0.3) is 0 Å². The minimum Gasteiger partial charge on any atom is -0.393 e. The third-order valence-electron chi connectivity index (χ3n) is 3.49. The van der Waals surface area contributed by atoms with E-state index in [2.05, 4.69) is 10.3 Å². The average molecular weight is 266 g/mol. The van der Waals surface area contributed by atoms with E-state index in [-0.39, 0.29) is 24.2 Å². The number of carbonyl (C=O) groups excluding carboxylic acids is 2. The van der Waals surface area contributed by atoms with Crippen LogP contribution in [0.3, 0.4) is 0 Å². The number of hydrogen-bond donors (Lipinski definition) is 4. The van der Waals surface area contributed by atoms with Crippen LogP contribution < -0.4 is 11.1 Å². The summed E-state index contributed by atoms with van der Waals surface area (Å²) in [6.07, 6.45) is 2.86. The van der Waals surface area contributed by atoms with E-state index in [1.54, 1.807) is 30.3 Å². The van der Waals surface area contributed by atoms with Crippen molar-refractivity contribution in [3.05, 3.63) is 24.0 Å². The SMILES string of the molecule is CN1C(=O)NC2C[C@@H](O)CC21.NC(=O)c1ccc[nH]1. The van der Waals surface area contributed by atoms with Crippen LogP contribution >= 0.6 is 0 Å². The first-order valence-corrected chi connectivity index (χ1v) is 6.13. The topological polar surface area (TPSA) is 111 Å². The molecule has 5 N–H and O–H groups in total. The summed E-state index contributed by atoms with van der Waals surface area (Å²) in [5.74, 6) is -0.421. The van der Waals surface area contributed by atoms with Gasteiger partial charge in [-0.3, -0.25) is 4.79 Å². The molecule has 3 amide bonds. The zero-order chi connectivity index (χ0) is 14.0. The molecule has 7 heteroatoms. The van der Waals surface area contributed by atoms with E-state index < -0.39 is 5.91 Å². The van der Waals surface area contributed by atoms with Crippen molar-refractivity contribution in [1.82, 2.24) is 15.2 Å². The molecule has 3 atom stereocenters. The van der Waals surface area contributed by atoms with Crippen LogP contribution in [0, 0.1) is 0 Å². The van der Waals surface area contributed by atoms with Crippen LogP contribution in [0.1, 0.15) is 23.3 Å². The molecule has 0 bridgehead atoms. The van der Waals surface area contributed by atoms with E-state index in [0.717, 1.165) is 6.42 Å². The normalized spacial score (nSPS) is 28.4. The first kappa shape index (κ1) is 13.4. The lowest BCUT2D eigenvalue weighted by atomic mass is 10.2. The molecule has 1 saturated heterocycles. The molecule has 1 saturated carbocycles. The molecule has 19 heavy (non-hydrogen) atoms. The number of aliphatic hydroxyl groups is 1. The lowest BCUT2D eigenvalue weighted by Crippen LogP contribution is -2.30. The zero-order valence-corrected chi connectivity index (χ0v) is 10.7. The van der Waals surface area contributed by atoms with Crippen molar-refractivity contribution in [1.29, 1.82) is 0 Å². The molecular weight excluding hydrogens is 248 g/mol. The lowest BCUT2D eigenvalue weighted by molar-refractivity contribution is 0.0996. The largest absolute Gasteiger partial charge is 0.393 e. The first-order chi connectivity index (χ1) is 8.99. The molecule has 1 aromatic heterocycles. The quantitative estimate of drug-likeness (QED) is 0.557. The molecule has 1 aliphatic carbocycles. The van der Waals surface area contributed by atoms with Crippen LogP contribution in [-0.4, -0.2) is 52.2 Å². The highest BCUT2D eigenvalue weighted by Crippen LogP contribution is 2.27. The Morgan fingerprint density at radius 3 is 2.74 bits per heavy atom. The number of likely N-dealkylation sites (N-methyl/N-ethyl adjacent to an activating group) is 1. The minimum absolute atomic E-state index is 0.00750. The van der Waals surface area contributed by atoms with Crippen molar-refractivity contribution in [2.75, 3.05) is 7.05 Å². The van der Waals surface area contributed by atoms with Gasteiger partial charge in [0.25, 0.3) is 5.91 Å². The van der Waals surface area contributed by atoms with Crippen molar-refractivity contribution >= 4 is 11.9 Å². The maximum Gasteiger partial charge on any atom is 0.317 e. The van der Waals surface area contributed by atoms with Gasteiger partial charge >= 0.3 is 6.03 Å². The molecule has 0 spiro atoms. The predicted molar refractivity (Wildman–Crippen MR) is 68.4 cm³/mol. The maximum atomic E-state index is 11.0. The number of aromatic nitrogens is 1. The van der Waals surface area contributed by atoms with Crippen LogP contribution in [0.15, 0.2) is 18.3 Å². The van der Waals surface area contributed by atoms with E-state index in [4.69, 9.17) is 5.73 Å². The zero-order valence-electron chi connectivity index (χ0n) is 10.7. The Balaban J connectivity index is 0.000000148. The second-order valence-corrected chi connectivity index (χ2v) is 4.81. The third kappa shape index (κ3) is 2.87. The first-order valence-electron chi connectivity index (χ1n) is 6.13. The van der Waals surface area contributed by atoms with Crippen LogP contribution in [0.4, 0.5) is 4.79 Å². The van der Waals surface area contributed by atoms with Crippen molar-refractivity contribution in [3.8, 4) is 0 Å². The van der Waals surface area contributed by atoms with E-state index in [1.807, 2.05) is 0 Å².